The SMILES string of the molecule is O=C(CSc1nnc(C2CC2)n1-c1ccccc1)Nc1cccnc1Cl. The van der Waals surface area contributed by atoms with Gasteiger partial charge in [0.05, 0.1) is 11.4 Å². The minimum Gasteiger partial charge on any atom is -0.323 e. The van der Waals surface area contributed by atoms with Gasteiger partial charge in [0.15, 0.2) is 10.3 Å². The molecule has 0 saturated heterocycles. The molecule has 0 radical (unpaired) electrons. The van der Waals surface area contributed by atoms with Gasteiger partial charge in [0.2, 0.25) is 5.91 Å². The summed E-state index contributed by atoms with van der Waals surface area (Å²) in [5.74, 6) is 1.47. The van der Waals surface area contributed by atoms with Crippen molar-refractivity contribution >= 4 is 35.0 Å². The maximum absolute atomic E-state index is 12.3. The molecule has 4 rings (SSSR count). The Bertz CT molecular complexity index is 926. The van der Waals surface area contributed by atoms with Crippen molar-refractivity contribution in [2.24, 2.45) is 0 Å². The summed E-state index contributed by atoms with van der Waals surface area (Å²) in [5.41, 5.74) is 1.51. The number of nitrogens with zero attached hydrogens (tertiary/aromatic N) is 4. The molecule has 6 nitrogen and oxygen atoms in total. The molecule has 1 fully saturated rings. The van der Waals surface area contributed by atoms with Crippen LogP contribution < -0.4 is 5.32 Å². The summed E-state index contributed by atoms with van der Waals surface area (Å²) in [5, 5.41) is 12.4. The molecule has 0 atom stereocenters. The monoisotopic (exact) mass is 385 g/mol. The van der Waals surface area contributed by atoms with Crippen molar-refractivity contribution in [3.8, 4) is 5.69 Å². The number of pyridine rings is 1. The fourth-order valence-electron chi connectivity index (χ4n) is 2.60. The first-order valence-electron chi connectivity index (χ1n) is 8.26. The summed E-state index contributed by atoms with van der Waals surface area (Å²) in [6.07, 6.45) is 3.85. The van der Waals surface area contributed by atoms with Crippen LogP contribution in [0.4, 0.5) is 5.69 Å². The Morgan fingerprint density at radius 3 is 2.73 bits per heavy atom. The molecular weight excluding hydrogens is 370 g/mol. The largest absolute Gasteiger partial charge is 0.323 e. The first kappa shape index (κ1) is 17.1. The van der Waals surface area contributed by atoms with Gasteiger partial charge in [0.25, 0.3) is 0 Å². The molecule has 3 aromatic rings. The number of amides is 1. The van der Waals surface area contributed by atoms with Crippen LogP contribution >= 0.6 is 23.4 Å². The van der Waals surface area contributed by atoms with Crippen LogP contribution in [0.3, 0.4) is 0 Å². The Morgan fingerprint density at radius 2 is 2.00 bits per heavy atom. The average molecular weight is 386 g/mol. The van der Waals surface area contributed by atoms with Gasteiger partial charge in [-0.1, -0.05) is 41.6 Å². The molecule has 0 aliphatic heterocycles. The maximum Gasteiger partial charge on any atom is 0.234 e. The van der Waals surface area contributed by atoms with Gasteiger partial charge in [-0.25, -0.2) is 4.98 Å². The highest BCUT2D eigenvalue weighted by molar-refractivity contribution is 7.99. The van der Waals surface area contributed by atoms with E-state index in [0.29, 0.717) is 16.8 Å². The number of rotatable bonds is 6. The molecule has 1 aromatic carbocycles. The van der Waals surface area contributed by atoms with E-state index in [9.17, 15) is 4.79 Å². The van der Waals surface area contributed by atoms with E-state index in [4.69, 9.17) is 11.6 Å². The predicted octanol–water partition coefficient (Wildman–Crippen LogP) is 3.92. The quantitative estimate of drug-likeness (QED) is 0.514. The number of para-hydroxylation sites is 1. The Balaban J connectivity index is 1.50. The van der Waals surface area contributed by atoms with E-state index >= 15 is 0 Å². The number of hydrogen-bond acceptors (Lipinski definition) is 5. The lowest BCUT2D eigenvalue weighted by atomic mass is 10.3. The fourth-order valence-corrected chi connectivity index (χ4v) is 3.52. The van der Waals surface area contributed by atoms with Gasteiger partial charge in [-0.15, -0.1) is 10.2 Å². The van der Waals surface area contributed by atoms with Crippen LogP contribution in [0.15, 0.2) is 53.8 Å². The molecule has 0 bridgehead atoms. The van der Waals surface area contributed by atoms with Crippen molar-refractivity contribution in [2.45, 2.75) is 23.9 Å². The third kappa shape index (κ3) is 3.73. The Hall–Kier alpha value is -2.38. The molecule has 1 N–H and O–H groups in total. The van der Waals surface area contributed by atoms with Gasteiger partial charge in [-0.3, -0.25) is 9.36 Å². The van der Waals surface area contributed by atoms with Crippen molar-refractivity contribution < 1.29 is 4.79 Å². The van der Waals surface area contributed by atoms with Crippen LogP contribution in [-0.4, -0.2) is 31.4 Å². The van der Waals surface area contributed by atoms with Crippen LogP contribution in [0.2, 0.25) is 5.15 Å². The first-order valence-corrected chi connectivity index (χ1v) is 9.62. The van der Waals surface area contributed by atoms with Crippen LogP contribution in [0.1, 0.15) is 24.6 Å². The molecule has 26 heavy (non-hydrogen) atoms. The third-order valence-electron chi connectivity index (χ3n) is 3.98. The highest BCUT2D eigenvalue weighted by Gasteiger charge is 2.31. The van der Waals surface area contributed by atoms with Crippen molar-refractivity contribution in [2.75, 3.05) is 11.1 Å². The lowest BCUT2D eigenvalue weighted by molar-refractivity contribution is -0.113. The predicted molar refractivity (Wildman–Crippen MR) is 102 cm³/mol. The number of hydrogen-bond donors (Lipinski definition) is 1. The second-order valence-electron chi connectivity index (χ2n) is 5.96. The molecule has 132 valence electrons. The Labute approximate surface area is 160 Å². The zero-order valence-corrected chi connectivity index (χ0v) is 15.4. The van der Waals surface area contributed by atoms with Gasteiger partial charge in [0, 0.05) is 17.8 Å². The van der Waals surface area contributed by atoms with Gasteiger partial charge in [-0.05, 0) is 37.1 Å². The Morgan fingerprint density at radius 1 is 1.19 bits per heavy atom. The zero-order valence-electron chi connectivity index (χ0n) is 13.8. The van der Waals surface area contributed by atoms with Crippen molar-refractivity contribution in [1.82, 2.24) is 19.7 Å². The zero-order chi connectivity index (χ0) is 17.9. The number of aromatic nitrogens is 4. The number of anilines is 1. The molecule has 0 spiro atoms. The fraction of sp³-hybridized carbons (Fsp3) is 0.222. The smallest absolute Gasteiger partial charge is 0.234 e. The number of nitrogens with one attached hydrogen (secondary N) is 1. The van der Waals surface area contributed by atoms with Crippen molar-refractivity contribution in [1.29, 1.82) is 0 Å². The van der Waals surface area contributed by atoms with Gasteiger partial charge >= 0.3 is 0 Å². The summed E-state index contributed by atoms with van der Waals surface area (Å²) < 4.78 is 2.05. The van der Waals surface area contributed by atoms with E-state index in [1.54, 1.807) is 18.3 Å². The number of benzene rings is 1. The van der Waals surface area contributed by atoms with E-state index in [-0.39, 0.29) is 16.8 Å². The summed E-state index contributed by atoms with van der Waals surface area (Å²) in [7, 11) is 0. The topological polar surface area (TPSA) is 72.7 Å². The van der Waals surface area contributed by atoms with E-state index in [0.717, 1.165) is 24.4 Å². The first-order chi connectivity index (χ1) is 12.7. The van der Waals surface area contributed by atoms with Crippen molar-refractivity contribution in [3.63, 3.8) is 0 Å². The highest BCUT2D eigenvalue weighted by atomic mass is 35.5. The lowest BCUT2D eigenvalue weighted by Crippen LogP contribution is -2.15. The van der Waals surface area contributed by atoms with E-state index < -0.39 is 0 Å². The molecule has 1 saturated carbocycles. The van der Waals surface area contributed by atoms with Gasteiger partial charge < -0.3 is 5.32 Å². The minimum absolute atomic E-state index is 0.166. The van der Waals surface area contributed by atoms with E-state index in [1.807, 2.05) is 34.9 Å². The van der Waals surface area contributed by atoms with Crippen LogP contribution in [0.25, 0.3) is 5.69 Å². The molecule has 0 unspecified atom stereocenters. The second kappa shape index (κ2) is 7.47. The molecule has 1 amide bonds. The van der Waals surface area contributed by atoms with Gasteiger partial charge in [-0.2, -0.15) is 0 Å². The number of halogens is 1. The number of carbonyl (C=O) groups is 1. The maximum atomic E-state index is 12.3. The highest BCUT2D eigenvalue weighted by Crippen LogP contribution is 2.41. The normalized spacial score (nSPS) is 13.6. The summed E-state index contributed by atoms with van der Waals surface area (Å²) in [4.78, 5) is 16.2. The van der Waals surface area contributed by atoms with E-state index in [1.165, 1.54) is 11.8 Å². The van der Waals surface area contributed by atoms with Crippen molar-refractivity contribution in [3.05, 3.63) is 59.6 Å². The summed E-state index contributed by atoms with van der Waals surface area (Å²) in [6, 6.07) is 13.4. The molecular formula is C18H16ClN5OS. The van der Waals surface area contributed by atoms with E-state index in [2.05, 4.69) is 20.5 Å². The van der Waals surface area contributed by atoms with Gasteiger partial charge in [0.1, 0.15) is 5.82 Å². The second-order valence-corrected chi connectivity index (χ2v) is 7.27. The Kier molecular flexibility index (Phi) is 4.90. The minimum atomic E-state index is -0.166. The lowest BCUT2D eigenvalue weighted by Gasteiger charge is -2.10. The average Bonchev–Trinajstić information content (AvgIpc) is 3.42. The summed E-state index contributed by atoms with van der Waals surface area (Å²) in [6.45, 7) is 0. The third-order valence-corrected chi connectivity index (χ3v) is 5.21. The number of carbonyl (C=O) groups excluding carboxylic acids is 1. The van der Waals surface area contributed by atoms with Crippen LogP contribution in [-0.2, 0) is 4.79 Å². The molecule has 1 aliphatic rings. The van der Waals surface area contributed by atoms with Crippen LogP contribution in [0, 0.1) is 0 Å². The van der Waals surface area contributed by atoms with Crippen LogP contribution in [0.5, 0.6) is 0 Å². The molecule has 2 heterocycles. The molecule has 8 heteroatoms. The molecule has 2 aromatic heterocycles. The standard InChI is InChI=1S/C18H16ClN5OS/c19-16-14(7-4-10-20-16)21-15(25)11-26-18-23-22-17(12-8-9-12)24(18)13-5-2-1-3-6-13/h1-7,10,12H,8-9,11H2,(H,21,25). The summed E-state index contributed by atoms with van der Waals surface area (Å²) >= 11 is 7.33. The number of thioether (sulfide) groups is 1. The molecule has 1 aliphatic carbocycles.